The largest absolute Gasteiger partial charge is 0.446 e. The molecule has 2 N–H and O–H groups in total. The maximum Gasteiger partial charge on any atom is 0.412 e. The summed E-state index contributed by atoms with van der Waals surface area (Å²) in [6.45, 7) is 0. The molecule has 0 radical (unpaired) electrons. The van der Waals surface area contributed by atoms with E-state index in [-0.39, 0.29) is 6.10 Å². The molecule has 1 aliphatic carbocycles. The Morgan fingerprint density at radius 2 is 1.90 bits per heavy atom. The molecule has 0 unspecified atom stereocenters. The van der Waals surface area contributed by atoms with Gasteiger partial charge in [0.15, 0.2) is 0 Å². The fraction of sp³-hybridized carbons (Fsp3) is 0.467. The third kappa shape index (κ3) is 4.98. The van der Waals surface area contributed by atoms with Crippen LogP contribution in [-0.4, -0.2) is 25.3 Å². The highest BCUT2D eigenvalue weighted by Crippen LogP contribution is 2.22. The lowest BCUT2D eigenvalue weighted by atomic mass is 9.98. The lowest BCUT2D eigenvalue weighted by molar-refractivity contribution is 0.0865. The van der Waals surface area contributed by atoms with Gasteiger partial charge in [0, 0.05) is 18.8 Å². The van der Waals surface area contributed by atoms with Crippen LogP contribution in [-0.2, 0) is 4.74 Å². The van der Waals surface area contributed by atoms with Crippen LogP contribution in [0, 0.1) is 0 Å². The third-order valence-corrected chi connectivity index (χ3v) is 3.32. The number of carbonyl (C=O) groups excluding carboxylic acids is 2. The normalized spacial score (nSPS) is 15.1. The molecule has 1 aromatic carbocycles. The Bertz CT molecular complexity index is 498. The molecule has 0 bridgehead atoms. The van der Waals surface area contributed by atoms with Crippen molar-refractivity contribution >= 4 is 17.9 Å². The van der Waals surface area contributed by atoms with Crippen LogP contribution in [0.15, 0.2) is 24.3 Å². The van der Waals surface area contributed by atoms with Gasteiger partial charge >= 0.3 is 12.2 Å². The van der Waals surface area contributed by atoms with Gasteiger partial charge in [-0.25, -0.2) is 9.59 Å². The molecule has 1 fully saturated rings. The van der Waals surface area contributed by atoms with Crippen molar-refractivity contribution in [3.05, 3.63) is 24.3 Å². The van der Waals surface area contributed by atoms with E-state index in [0.717, 1.165) is 25.7 Å². The van der Waals surface area contributed by atoms with Crippen molar-refractivity contribution in [1.82, 2.24) is 5.32 Å². The van der Waals surface area contributed by atoms with Gasteiger partial charge in [-0.3, -0.25) is 5.32 Å². The van der Waals surface area contributed by atoms with E-state index in [1.54, 1.807) is 24.3 Å². The number of benzene rings is 1. The fourth-order valence-corrected chi connectivity index (χ4v) is 2.28. The van der Waals surface area contributed by atoms with Gasteiger partial charge in [0.25, 0.3) is 0 Å². The molecule has 1 aromatic rings. The molecule has 0 atom stereocenters. The maximum absolute atomic E-state index is 11.8. The highest BCUT2D eigenvalue weighted by Gasteiger charge is 2.17. The summed E-state index contributed by atoms with van der Waals surface area (Å²) in [4.78, 5) is 22.9. The number of hydrogen-bond donors (Lipinski definition) is 2. The standard InChI is InChI=1S/C15H20N2O4/c1-16-14(18)21-13-9-5-6-11(10-13)17-15(19)20-12-7-3-2-4-8-12/h5-6,9-10,12H,2-4,7-8H2,1H3,(H,16,18)(H,17,19). The van der Waals surface area contributed by atoms with E-state index in [2.05, 4.69) is 10.6 Å². The molecular formula is C15H20N2O4. The maximum atomic E-state index is 11.8. The van der Waals surface area contributed by atoms with Crippen molar-refractivity contribution < 1.29 is 19.1 Å². The topological polar surface area (TPSA) is 76.7 Å². The smallest absolute Gasteiger partial charge is 0.412 e. The summed E-state index contributed by atoms with van der Waals surface area (Å²) in [7, 11) is 1.48. The number of hydrogen-bond acceptors (Lipinski definition) is 4. The van der Waals surface area contributed by atoms with E-state index in [4.69, 9.17) is 9.47 Å². The van der Waals surface area contributed by atoms with Crippen molar-refractivity contribution in [1.29, 1.82) is 0 Å². The van der Waals surface area contributed by atoms with Gasteiger partial charge in [-0.1, -0.05) is 12.5 Å². The molecule has 0 aliphatic heterocycles. The number of nitrogens with one attached hydrogen (secondary N) is 2. The fourth-order valence-electron chi connectivity index (χ4n) is 2.28. The Morgan fingerprint density at radius 1 is 1.14 bits per heavy atom. The van der Waals surface area contributed by atoms with Crippen LogP contribution in [0.25, 0.3) is 0 Å². The summed E-state index contributed by atoms with van der Waals surface area (Å²) in [5.74, 6) is 0.352. The minimum absolute atomic E-state index is 0.00375. The molecule has 1 aliphatic rings. The first kappa shape index (κ1) is 15.2. The Kier molecular flexibility index (Phi) is 5.43. The number of carbonyl (C=O) groups is 2. The highest BCUT2D eigenvalue weighted by molar-refractivity contribution is 5.85. The van der Waals surface area contributed by atoms with Gasteiger partial charge < -0.3 is 14.8 Å². The minimum atomic E-state index is -0.558. The first-order valence-corrected chi connectivity index (χ1v) is 7.14. The average Bonchev–Trinajstić information content (AvgIpc) is 2.48. The van der Waals surface area contributed by atoms with Crippen LogP contribution in [0.2, 0.25) is 0 Å². The van der Waals surface area contributed by atoms with E-state index >= 15 is 0 Å². The van der Waals surface area contributed by atoms with Crippen molar-refractivity contribution in [3.8, 4) is 5.75 Å². The SMILES string of the molecule is CNC(=O)Oc1cccc(NC(=O)OC2CCCCC2)c1. The van der Waals surface area contributed by atoms with Crippen molar-refractivity contribution in [2.45, 2.75) is 38.2 Å². The molecule has 1 saturated carbocycles. The molecule has 6 heteroatoms. The zero-order valence-electron chi connectivity index (χ0n) is 12.1. The zero-order valence-corrected chi connectivity index (χ0v) is 12.1. The summed E-state index contributed by atoms with van der Waals surface area (Å²) in [5, 5.41) is 5.00. The molecule has 114 valence electrons. The molecule has 0 spiro atoms. The van der Waals surface area contributed by atoms with Crippen LogP contribution in [0.5, 0.6) is 5.75 Å². The molecule has 0 heterocycles. The van der Waals surface area contributed by atoms with Gasteiger partial charge in [-0.15, -0.1) is 0 Å². The minimum Gasteiger partial charge on any atom is -0.446 e. The van der Waals surface area contributed by atoms with Crippen molar-refractivity contribution in [3.63, 3.8) is 0 Å². The predicted octanol–water partition coefficient (Wildman–Crippen LogP) is 3.29. The first-order chi connectivity index (χ1) is 10.2. The molecule has 2 amide bonds. The number of rotatable bonds is 3. The Balaban J connectivity index is 1.87. The molecular weight excluding hydrogens is 272 g/mol. The molecule has 2 rings (SSSR count). The molecule has 21 heavy (non-hydrogen) atoms. The second kappa shape index (κ2) is 7.52. The molecule has 6 nitrogen and oxygen atoms in total. The van der Waals surface area contributed by atoms with Gasteiger partial charge in [0.05, 0.1) is 0 Å². The summed E-state index contributed by atoms with van der Waals surface area (Å²) in [5.41, 5.74) is 0.525. The quantitative estimate of drug-likeness (QED) is 0.896. The predicted molar refractivity (Wildman–Crippen MR) is 78.5 cm³/mol. The lowest BCUT2D eigenvalue weighted by Crippen LogP contribution is -2.24. The number of anilines is 1. The van der Waals surface area contributed by atoms with Crippen molar-refractivity contribution in [2.75, 3.05) is 12.4 Å². The van der Waals surface area contributed by atoms with Crippen LogP contribution < -0.4 is 15.4 Å². The van der Waals surface area contributed by atoms with Gasteiger partial charge in [0.2, 0.25) is 0 Å². The van der Waals surface area contributed by atoms with Crippen LogP contribution in [0.3, 0.4) is 0 Å². The summed E-state index contributed by atoms with van der Waals surface area (Å²) in [6.07, 6.45) is 4.24. The van der Waals surface area contributed by atoms with Gasteiger partial charge in [-0.05, 0) is 37.8 Å². The van der Waals surface area contributed by atoms with E-state index in [1.165, 1.54) is 13.5 Å². The number of ether oxygens (including phenoxy) is 2. The highest BCUT2D eigenvalue weighted by atomic mass is 16.6. The van der Waals surface area contributed by atoms with E-state index in [1.807, 2.05) is 0 Å². The van der Waals surface area contributed by atoms with Crippen LogP contribution >= 0.6 is 0 Å². The summed E-state index contributed by atoms with van der Waals surface area (Å²) in [6, 6.07) is 6.59. The van der Waals surface area contributed by atoms with E-state index in [0.29, 0.717) is 11.4 Å². The van der Waals surface area contributed by atoms with E-state index in [9.17, 15) is 9.59 Å². The van der Waals surface area contributed by atoms with Gasteiger partial charge in [0.1, 0.15) is 11.9 Å². The Morgan fingerprint density at radius 3 is 2.62 bits per heavy atom. The first-order valence-electron chi connectivity index (χ1n) is 7.14. The molecule has 0 aromatic heterocycles. The second-order valence-electron chi connectivity index (χ2n) is 4.96. The average molecular weight is 292 g/mol. The van der Waals surface area contributed by atoms with Crippen LogP contribution in [0.4, 0.5) is 15.3 Å². The lowest BCUT2D eigenvalue weighted by Gasteiger charge is -2.21. The van der Waals surface area contributed by atoms with E-state index < -0.39 is 12.2 Å². The second-order valence-corrected chi connectivity index (χ2v) is 4.96. The third-order valence-electron chi connectivity index (χ3n) is 3.32. The van der Waals surface area contributed by atoms with Crippen LogP contribution in [0.1, 0.15) is 32.1 Å². The Labute approximate surface area is 123 Å². The summed E-state index contributed by atoms with van der Waals surface area (Å²) >= 11 is 0. The van der Waals surface area contributed by atoms with Crippen molar-refractivity contribution in [2.24, 2.45) is 0 Å². The summed E-state index contributed by atoms with van der Waals surface area (Å²) < 4.78 is 10.4. The molecule has 0 saturated heterocycles. The zero-order chi connectivity index (χ0) is 15.1. The number of amides is 2. The van der Waals surface area contributed by atoms with Gasteiger partial charge in [-0.2, -0.15) is 0 Å². The monoisotopic (exact) mass is 292 g/mol. The Hall–Kier alpha value is -2.24.